The smallest absolute Gasteiger partial charge is 0.270 e. The molecule has 3 aromatic heterocycles. The number of nitriles is 1. The molecule has 25 heavy (non-hydrogen) atoms. The number of nitrogens with two attached hydrogens (primary N) is 1. The molecule has 8 nitrogen and oxygen atoms in total. The second-order valence-corrected chi connectivity index (χ2v) is 6.36. The highest BCUT2D eigenvalue weighted by atomic mass is 16.1. The number of carbonyl (C=O) groups excluding carboxylic acids is 1. The summed E-state index contributed by atoms with van der Waals surface area (Å²) in [6, 6.07) is 4.38. The van der Waals surface area contributed by atoms with E-state index < -0.39 is 5.91 Å². The van der Waals surface area contributed by atoms with Crippen LogP contribution < -0.4 is 5.73 Å². The number of amides is 1. The molecule has 1 aliphatic rings. The largest absolute Gasteiger partial charge is 0.364 e. The first-order valence-electron chi connectivity index (χ1n) is 8.21. The molecule has 126 valence electrons. The van der Waals surface area contributed by atoms with Crippen LogP contribution in [0, 0.1) is 11.3 Å². The number of aromatic nitrogens is 5. The normalized spacial score (nSPS) is 13.9. The van der Waals surface area contributed by atoms with Gasteiger partial charge in [0.2, 0.25) is 0 Å². The van der Waals surface area contributed by atoms with Gasteiger partial charge in [-0.2, -0.15) is 5.26 Å². The fourth-order valence-corrected chi connectivity index (χ4v) is 2.99. The first-order valence-corrected chi connectivity index (χ1v) is 8.21. The highest BCUT2D eigenvalue weighted by Gasteiger charge is 2.25. The molecule has 0 unspecified atom stereocenters. The minimum Gasteiger partial charge on any atom is -0.364 e. The molecule has 0 atom stereocenters. The SMILES string of the molecule is N#CCCc1cc(C2CC2)cn2cc(Cn3cc(C(N)=O)nn3)nc12. The van der Waals surface area contributed by atoms with E-state index in [4.69, 9.17) is 11.0 Å². The number of fused-ring (bicyclic) bond motifs is 1. The lowest BCUT2D eigenvalue weighted by molar-refractivity contribution is 0.0995. The first-order chi connectivity index (χ1) is 12.1. The molecule has 0 saturated heterocycles. The summed E-state index contributed by atoms with van der Waals surface area (Å²) in [6.45, 7) is 0.401. The molecule has 4 rings (SSSR count). The van der Waals surface area contributed by atoms with Crippen molar-refractivity contribution in [1.82, 2.24) is 24.4 Å². The maximum Gasteiger partial charge on any atom is 0.270 e. The predicted octanol–water partition coefficient (Wildman–Crippen LogP) is 1.41. The maximum absolute atomic E-state index is 11.1. The summed E-state index contributed by atoms with van der Waals surface area (Å²) in [5.41, 5.74) is 9.41. The Bertz CT molecular complexity index is 990. The Kier molecular flexibility index (Phi) is 3.69. The molecule has 0 aliphatic heterocycles. The maximum atomic E-state index is 11.1. The molecular formula is C17H17N7O. The number of aryl methyl sites for hydroxylation is 1. The zero-order valence-electron chi connectivity index (χ0n) is 13.6. The molecule has 3 aromatic rings. The van der Waals surface area contributed by atoms with Gasteiger partial charge < -0.3 is 10.1 Å². The number of rotatable bonds is 6. The van der Waals surface area contributed by atoms with Crippen molar-refractivity contribution in [3.8, 4) is 6.07 Å². The fourth-order valence-electron chi connectivity index (χ4n) is 2.99. The molecule has 0 aromatic carbocycles. The van der Waals surface area contributed by atoms with Gasteiger partial charge in [-0.25, -0.2) is 9.67 Å². The quantitative estimate of drug-likeness (QED) is 0.731. The Morgan fingerprint density at radius 1 is 1.36 bits per heavy atom. The van der Waals surface area contributed by atoms with E-state index in [-0.39, 0.29) is 5.69 Å². The number of nitrogens with zero attached hydrogens (tertiary/aromatic N) is 6. The number of primary amides is 1. The van der Waals surface area contributed by atoms with Gasteiger partial charge in [-0.1, -0.05) is 11.3 Å². The van der Waals surface area contributed by atoms with Crippen molar-refractivity contribution >= 4 is 11.6 Å². The Morgan fingerprint density at radius 2 is 2.20 bits per heavy atom. The number of hydrogen-bond donors (Lipinski definition) is 1. The molecule has 8 heteroatoms. The standard InChI is InChI=1S/C17H17N7O/c18-5-1-2-12-6-13(11-3-4-11)7-23-8-14(20-17(12)23)9-24-10-15(16(19)25)21-22-24/h6-8,10-11H,1-4,9H2,(H2,19,25). The van der Waals surface area contributed by atoms with Gasteiger partial charge >= 0.3 is 0 Å². The molecule has 0 bridgehead atoms. The van der Waals surface area contributed by atoms with Crippen molar-refractivity contribution in [2.75, 3.05) is 0 Å². The Labute approximate surface area is 143 Å². The van der Waals surface area contributed by atoms with Gasteiger partial charge in [-0.15, -0.1) is 5.10 Å². The topological polar surface area (TPSA) is 115 Å². The Hall–Kier alpha value is -3.21. The van der Waals surface area contributed by atoms with Gasteiger partial charge in [0.15, 0.2) is 5.69 Å². The molecule has 3 heterocycles. The lowest BCUT2D eigenvalue weighted by atomic mass is 10.1. The second kappa shape index (κ2) is 6.02. The fraction of sp³-hybridized carbons (Fsp3) is 0.353. The summed E-state index contributed by atoms with van der Waals surface area (Å²) in [4.78, 5) is 15.8. The van der Waals surface area contributed by atoms with E-state index in [0.29, 0.717) is 25.3 Å². The zero-order chi connectivity index (χ0) is 17.4. The van der Waals surface area contributed by atoms with Crippen molar-refractivity contribution in [1.29, 1.82) is 5.26 Å². The average molecular weight is 335 g/mol. The summed E-state index contributed by atoms with van der Waals surface area (Å²) in [5, 5.41) is 16.5. The van der Waals surface area contributed by atoms with Crippen LogP contribution in [0.15, 0.2) is 24.7 Å². The lowest BCUT2D eigenvalue weighted by Gasteiger charge is -2.06. The van der Waals surface area contributed by atoms with Crippen molar-refractivity contribution in [3.05, 3.63) is 47.2 Å². The van der Waals surface area contributed by atoms with Crippen LogP contribution in [0.3, 0.4) is 0 Å². The van der Waals surface area contributed by atoms with E-state index in [0.717, 1.165) is 16.9 Å². The molecule has 2 N–H and O–H groups in total. The Morgan fingerprint density at radius 3 is 2.88 bits per heavy atom. The number of imidazole rings is 1. The highest BCUT2D eigenvalue weighted by Crippen LogP contribution is 2.40. The summed E-state index contributed by atoms with van der Waals surface area (Å²) in [5.74, 6) is 0.0265. The van der Waals surface area contributed by atoms with Crippen molar-refractivity contribution in [3.63, 3.8) is 0 Å². The highest BCUT2D eigenvalue weighted by molar-refractivity contribution is 5.90. The van der Waals surface area contributed by atoms with Crippen molar-refractivity contribution < 1.29 is 4.79 Å². The van der Waals surface area contributed by atoms with E-state index in [2.05, 4.69) is 33.6 Å². The summed E-state index contributed by atoms with van der Waals surface area (Å²) < 4.78 is 3.57. The van der Waals surface area contributed by atoms with Crippen LogP contribution in [0.25, 0.3) is 5.65 Å². The van der Waals surface area contributed by atoms with Crippen LogP contribution >= 0.6 is 0 Å². The monoisotopic (exact) mass is 335 g/mol. The number of pyridine rings is 1. The Balaban J connectivity index is 1.67. The lowest BCUT2D eigenvalue weighted by Crippen LogP contribution is -2.11. The van der Waals surface area contributed by atoms with Gasteiger partial charge in [0.05, 0.1) is 24.5 Å². The minimum atomic E-state index is -0.603. The van der Waals surface area contributed by atoms with Gasteiger partial charge in [0.1, 0.15) is 5.65 Å². The van der Waals surface area contributed by atoms with E-state index >= 15 is 0 Å². The summed E-state index contributed by atoms with van der Waals surface area (Å²) in [6.07, 6.45) is 9.19. The molecule has 1 aliphatic carbocycles. The number of carbonyl (C=O) groups is 1. The third-order valence-corrected chi connectivity index (χ3v) is 4.37. The van der Waals surface area contributed by atoms with Gasteiger partial charge in [-0.3, -0.25) is 4.79 Å². The number of hydrogen-bond acceptors (Lipinski definition) is 5. The van der Waals surface area contributed by atoms with Gasteiger partial charge in [-0.05, 0) is 36.3 Å². The van der Waals surface area contributed by atoms with Crippen molar-refractivity contribution in [2.24, 2.45) is 5.73 Å². The first kappa shape index (κ1) is 15.3. The average Bonchev–Trinajstić information content (AvgIpc) is 3.20. The van der Waals surface area contributed by atoms with Crippen LogP contribution in [-0.4, -0.2) is 30.3 Å². The van der Waals surface area contributed by atoms with E-state index in [1.165, 1.54) is 24.6 Å². The molecular weight excluding hydrogens is 318 g/mol. The van der Waals surface area contributed by atoms with Crippen LogP contribution in [0.4, 0.5) is 0 Å². The molecule has 1 amide bonds. The molecule has 1 saturated carbocycles. The van der Waals surface area contributed by atoms with Crippen LogP contribution in [0.2, 0.25) is 0 Å². The van der Waals surface area contributed by atoms with Crippen LogP contribution in [0.5, 0.6) is 0 Å². The third-order valence-electron chi connectivity index (χ3n) is 4.37. The van der Waals surface area contributed by atoms with E-state index in [9.17, 15) is 4.79 Å². The summed E-state index contributed by atoms with van der Waals surface area (Å²) in [7, 11) is 0. The molecule has 0 radical (unpaired) electrons. The van der Waals surface area contributed by atoms with E-state index in [1.807, 2.05) is 10.6 Å². The van der Waals surface area contributed by atoms with Crippen LogP contribution in [-0.2, 0) is 13.0 Å². The minimum absolute atomic E-state index is 0.134. The molecule has 1 fully saturated rings. The van der Waals surface area contributed by atoms with E-state index in [1.54, 1.807) is 4.68 Å². The van der Waals surface area contributed by atoms with Crippen LogP contribution in [0.1, 0.15) is 52.5 Å². The van der Waals surface area contributed by atoms with Crippen molar-refractivity contribution in [2.45, 2.75) is 38.1 Å². The zero-order valence-corrected chi connectivity index (χ0v) is 13.6. The van der Waals surface area contributed by atoms with Gasteiger partial charge in [0.25, 0.3) is 5.91 Å². The van der Waals surface area contributed by atoms with Gasteiger partial charge in [0, 0.05) is 18.8 Å². The third kappa shape index (κ3) is 3.08. The molecule has 0 spiro atoms. The predicted molar refractivity (Wildman–Crippen MR) is 88.7 cm³/mol. The second-order valence-electron chi connectivity index (χ2n) is 6.36. The summed E-state index contributed by atoms with van der Waals surface area (Å²) >= 11 is 0.